The first kappa shape index (κ1) is 20.4. The van der Waals surface area contributed by atoms with E-state index in [1.807, 2.05) is 38.1 Å². The van der Waals surface area contributed by atoms with E-state index in [0.717, 1.165) is 37.2 Å². The number of hydrogen-bond acceptors (Lipinski definition) is 4. The molecule has 0 bridgehead atoms. The lowest BCUT2D eigenvalue weighted by atomic mass is 10.0. The molecule has 0 saturated carbocycles. The molecule has 152 valence electrons. The zero-order valence-electron chi connectivity index (χ0n) is 17.5. The molecular formula is C23H32N2O3. The van der Waals surface area contributed by atoms with Crippen molar-refractivity contribution in [3.05, 3.63) is 35.5 Å². The van der Waals surface area contributed by atoms with Crippen molar-refractivity contribution in [1.82, 2.24) is 9.80 Å². The molecule has 2 aliphatic heterocycles. The second kappa shape index (κ2) is 8.80. The molecular weight excluding hydrogens is 352 g/mol. The van der Waals surface area contributed by atoms with Crippen LogP contribution in [0.3, 0.4) is 0 Å². The van der Waals surface area contributed by atoms with Gasteiger partial charge in [-0.15, -0.1) is 0 Å². The number of amides is 2. The van der Waals surface area contributed by atoms with Crippen LogP contribution in [-0.4, -0.2) is 47.9 Å². The van der Waals surface area contributed by atoms with Gasteiger partial charge in [-0.3, -0.25) is 14.5 Å². The Morgan fingerprint density at radius 1 is 0.893 bits per heavy atom. The molecule has 1 fully saturated rings. The average Bonchev–Trinajstić information content (AvgIpc) is 2.92. The lowest BCUT2D eigenvalue weighted by Gasteiger charge is -2.29. The van der Waals surface area contributed by atoms with Crippen LogP contribution in [0.5, 0.6) is 5.75 Å². The van der Waals surface area contributed by atoms with E-state index in [1.165, 1.54) is 11.3 Å². The molecule has 0 spiro atoms. The van der Waals surface area contributed by atoms with Gasteiger partial charge in [0.2, 0.25) is 0 Å². The fourth-order valence-electron chi connectivity index (χ4n) is 3.75. The molecule has 1 aromatic carbocycles. The average molecular weight is 385 g/mol. The predicted octanol–water partition coefficient (Wildman–Crippen LogP) is 3.94. The number of hydrogen-bond donors (Lipinski definition) is 0. The Kier molecular flexibility index (Phi) is 6.42. The molecule has 2 aliphatic rings. The minimum Gasteiger partial charge on any atom is -0.493 e. The van der Waals surface area contributed by atoms with Crippen LogP contribution >= 0.6 is 0 Å². The highest BCUT2D eigenvalue weighted by molar-refractivity contribution is 6.35. The van der Waals surface area contributed by atoms with Crippen molar-refractivity contribution >= 4 is 17.4 Å². The molecule has 2 amide bonds. The van der Waals surface area contributed by atoms with Gasteiger partial charge in [0.05, 0.1) is 12.2 Å². The Morgan fingerprint density at radius 2 is 1.54 bits per heavy atom. The highest BCUT2D eigenvalue weighted by atomic mass is 16.5. The maximum atomic E-state index is 13.2. The van der Waals surface area contributed by atoms with Gasteiger partial charge in [0, 0.05) is 19.6 Å². The predicted molar refractivity (Wildman–Crippen MR) is 111 cm³/mol. The van der Waals surface area contributed by atoms with Crippen LogP contribution in [0, 0.1) is 11.8 Å². The Labute approximate surface area is 168 Å². The summed E-state index contributed by atoms with van der Waals surface area (Å²) in [6.07, 6.45) is 3.30. The first-order valence-corrected chi connectivity index (χ1v) is 10.5. The van der Waals surface area contributed by atoms with E-state index in [0.29, 0.717) is 30.3 Å². The lowest BCUT2D eigenvalue weighted by molar-refractivity contribution is -0.138. The van der Waals surface area contributed by atoms with Gasteiger partial charge >= 0.3 is 0 Å². The van der Waals surface area contributed by atoms with Crippen LogP contribution in [0.25, 0.3) is 5.57 Å². The summed E-state index contributed by atoms with van der Waals surface area (Å²) in [5, 5.41) is 0. The van der Waals surface area contributed by atoms with E-state index >= 15 is 0 Å². The smallest absolute Gasteiger partial charge is 0.277 e. The van der Waals surface area contributed by atoms with Gasteiger partial charge in [0.25, 0.3) is 11.8 Å². The van der Waals surface area contributed by atoms with E-state index in [-0.39, 0.29) is 17.7 Å². The number of imide groups is 1. The van der Waals surface area contributed by atoms with Crippen molar-refractivity contribution in [1.29, 1.82) is 0 Å². The maximum Gasteiger partial charge on any atom is 0.277 e. The Morgan fingerprint density at radius 3 is 2.11 bits per heavy atom. The summed E-state index contributed by atoms with van der Waals surface area (Å²) in [6, 6.07) is 7.58. The number of ether oxygens (including phenoxy) is 1. The van der Waals surface area contributed by atoms with Crippen molar-refractivity contribution in [2.75, 3.05) is 26.2 Å². The van der Waals surface area contributed by atoms with Crippen molar-refractivity contribution < 1.29 is 14.3 Å². The van der Waals surface area contributed by atoms with E-state index in [2.05, 4.69) is 18.7 Å². The molecule has 1 aromatic rings. The first-order valence-electron chi connectivity index (χ1n) is 10.5. The summed E-state index contributed by atoms with van der Waals surface area (Å²) in [5.41, 5.74) is 1.92. The van der Waals surface area contributed by atoms with Gasteiger partial charge < -0.3 is 9.64 Å². The van der Waals surface area contributed by atoms with Gasteiger partial charge in [-0.1, -0.05) is 39.8 Å². The van der Waals surface area contributed by atoms with Crippen LogP contribution < -0.4 is 4.74 Å². The molecule has 0 atom stereocenters. The monoisotopic (exact) mass is 384 g/mol. The summed E-state index contributed by atoms with van der Waals surface area (Å²) in [7, 11) is 0. The summed E-state index contributed by atoms with van der Waals surface area (Å²) in [6.45, 7) is 11.0. The van der Waals surface area contributed by atoms with Gasteiger partial charge in [0.1, 0.15) is 11.4 Å². The van der Waals surface area contributed by atoms with Crippen LogP contribution in [0.4, 0.5) is 0 Å². The SMILES string of the molecule is CC(C)COc1ccc(C2=C(N3CCCCC3)C(=O)N(CC(C)C)C2=O)cc1. The second-order valence-electron chi connectivity index (χ2n) is 8.62. The molecule has 2 heterocycles. The van der Waals surface area contributed by atoms with E-state index in [1.54, 1.807) is 0 Å². The molecule has 28 heavy (non-hydrogen) atoms. The van der Waals surface area contributed by atoms with Gasteiger partial charge in [-0.25, -0.2) is 0 Å². The number of likely N-dealkylation sites (tertiary alicyclic amines) is 1. The lowest BCUT2D eigenvalue weighted by Crippen LogP contribution is -2.38. The van der Waals surface area contributed by atoms with Crippen LogP contribution in [-0.2, 0) is 9.59 Å². The number of carbonyl (C=O) groups excluding carboxylic acids is 2. The van der Waals surface area contributed by atoms with Crippen LogP contribution in [0.15, 0.2) is 30.0 Å². The van der Waals surface area contributed by atoms with E-state index in [4.69, 9.17) is 4.74 Å². The molecule has 1 saturated heterocycles. The van der Waals surface area contributed by atoms with Gasteiger partial charge in [-0.05, 0) is 48.8 Å². The molecule has 0 radical (unpaired) electrons. The zero-order chi connectivity index (χ0) is 20.3. The van der Waals surface area contributed by atoms with Crippen LogP contribution in [0.1, 0.15) is 52.5 Å². The van der Waals surface area contributed by atoms with Gasteiger partial charge in [0.15, 0.2) is 0 Å². The van der Waals surface area contributed by atoms with Crippen molar-refractivity contribution in [3.63, 3.8) is 0 Å². The van der Waals surface area contributed by atoms with Gasteiger partial charge in [-0.2, -0.15) is 0 Å². The summed E-state index contributed by atoms with van der Waals surface area (Å²) in [5.74, 6) is 1.16. The van der Waals surface area contributed by atoms with Crippen molar-refractivity contribution in [3.8, 4) is 5.75 Å². The third-order valence-electron chi connectivity index (χ3n) is 5.09. The molecule has 0 aromatic heterocycles. The highest BCUT2D eigenvalue weighted by Crippen LogP contribution is 2.34. The number of rotatable bonds is 7. The Hall–Kier alpha value is -2.30. The third kappa shape index (κ3) is 4.40. The topological polar surface area (TPSA) is 49.9 Å². The van der Waals surface area contributed by atoms with E-state index in [9.17, 15) is 9.59 Å². The summed E-state index contributed by atoms with van der Waals surface area (Å²) in [4.78, 5) is 29.9. The van der Waals surface area contributed by atoms with Crippen molar-refractivity contribution in [2.45, 2.75) is 47.0 Å². The standard InChI is InChI=1S/C23H32N2O3/c1-16(2)14-25-22(26)20(21(23(25)27)24-12-6-5-7-13-24)18-8-10-19(11-9-18)28-15-17(3)4/h8-11,16-17H,5-7,12-15H2,1-4H3. The fourth-order valence-corrected chi connectivity index (χ4v) is 3.75. The number of piperidine rings is 1. The maximum absolute atomic E-state index is 13.2. The number of nitrogens with zero attached hydrogens (tertiary/aromatic N) is 2. The third-order valence-corrected chi connectivity index (χ3v) is 5.09. The molecule has 0 aliphatic carbocycles. The molecule has 0 N–H and O–H groups in total. The number of carbonyl (C=O) groups is 2. The largest absolute Gasteiger partial charge is 0.493 e. The molecule has 3 rings (SSSR count). The summed E-state index contributed by atoms with van der Waals surface area (Å²) < 4.78 is 5.76. The Bertz CT molecular complexity index is 744. The fraction of sp³-hybridized carbons (Fsp3) is 0.565. The summed E-state index contributed by atoms with van der Waals surface area (Å²) >= 11 is 0. The highest BCUT2D eigenvalue weighted by Gasteiger charge is 2.41. The Balaban J connectivity index is 1.93. The second-order valence-corrected chi connectivity index (χ2v) is 8.62. The number of benzene rings is 1. The quantitative estimate of drug-likeness (QED) is 0.668. The minimum atomic E-state index is -0.171. The first-order chi connectivity index (χ1) is 13.4. The van der Waals surface area contributed by atoms with E-state index < -0.39 is 0 Å². The van der Waals surface area contributed by atoms with Crippen LogP contribution in [0.2, 0.25) is 0 Å². The molecule has 5 heteroatoms. The molecule has 5 nitrogen and oxygen atoms in total. The minimum absolute atomic E-state index is 0.143. The van der Waals surface area contributed by atoms with Crippen molar-refractivity contribution in [2.24, 2.45) is 11.8 Å². The normalized spacial score (nSPS) is 18.1. The molecule has 0 unspecified atom stereocenters. The zero-order valence-corrected chi connectivity index (χ0v) is 17.5.